The van der Waals surface area contributed by atoms with Gasteiger partial charge in [-0.15, -0.1) is 0 Å². The maximum Gasteiger partial charge on any atom is 0.401 e. The van der Waals surface area contributed by atoms with Gasteiger partial charge in [-0.25, -0.2) is 0 Å². The minimum Gasteiger partial charge on any atom is -0.389 e. The normalized spacial score (nSPS) is 27.3. The summed E-state index contributed by atoms with van der Waals surface area (Å²) >= 11 is 0. The van der Waals surface area contributed by atoms with Gasteiger partial charge in [-0.1, -0.05) is 0 Å². The first-order valence-electron chi connectivity index (χ1n) is 8.24. The van der Waals surface area contributed by atoms with Gasteiger partial charge in [-0.3, -0.25) is 9.80 Å². The second kappa shape index (κ2) is 8.62. The van der Waals surface area contributed by atoms with Crippen molar-refractivity contribution in [2.75, 3.05) is 52.5 Å². The molecule has 8 heteroatoms. The number of rotatable bonds is 6. The van der Waals surface area contributed by atoms with E-state index >= 15 is 0 Å². The highest BCUT2D eigenvalue weighted by Crippen LogP contribution is 2.20. The Balaban J connectivity index is 1.66. The summed E-state index contributed by atoms with van der Waals surface area (Å²) in [5.74, 6) is 0. The fourth-order valence-electron chi connectivity index (χ4n) is 3.14. The first-order chi connectivity index (χ1) is 10.8. The van der Waals surface area contributed by atoms with Gasteiger partial charge in [0.1, 0.15) is 0 Å². The first-order valence-corrected chi connectivity index (χ1v) is 8.24. The van der Waals surface area contributed by atoms with Crippen molar-refractivity contribution >= 4 is 0 Å². The molecule has 0 aromatic rings. The zero-order chi connectivity index (χ0) is 16.9. The van der Waals surface area contributed by atoms with Crippen molar-refractivity contribution < 1.29 is 27.8 Å². The quantitative estimate of drug-likeness (QED) is 0.785. The van der Waals surface area contributed by atoms with E-state index < -0.39 is 18.8 Å². The minimum absolute atomic E-state index is 0.140. The molecule has 136 valence electrons. The van der Waals surface area contributed by atoms with E-state index in [0.717, 1.165) is 12.8 Å². The van der Waals surface area contributed by atoms with Gasteiger partial charge in [-0.05, 0) is 19.8 Å². The van der Waals surface area contributed by atoms with Gasteiger partial charge >= 0.3 is 6.18 Å². The molecule has 0 bridgehead atoms. The summed E-state index contributed by atoms with van der Waals surface area (Å²) in [7, 11) is 0. The third-order valence-electron chi connectivity index (χ3n) is 4.39. The van der Waals surface area contributed by atoms with Crippen molar-refractivity contribution in [3.8, 4) is 0 Å². The number of nitrogens with zero attached hydrogens (tertiary/aromatic N) is 2. The summed E-state index contributed by atoms with van der Waals surface area (Å²) < 4.78 is 48.4. The monoisotopic (exact) mass is 340 g/mol. The van der Waals surface area contributed by atoms with Gasteiger partial charge in [-0.2, -0.15) is 13.2 Å². The van der Waals surface area contributed by atoms with Gasteiger partial charge in [0.15, 0.2) is 0 Å². The van der Waals surface area contributed by atoms with E-state index in [-0.39, 0.29) is 18.8 Å². The van der Waals surface area contributed by atoms with Crippen molar-refractivity contribution in [2.24, 2.45) is 0 Å². The topological polar surface area (TPSA) is 45.2 Å². The second-order valence-electron chi connectivity index (χ2n) is 6.49. The van der Waals surface area contributed by atoms with Crippen LogP contribution in [0.15, 0.2) is 0 Å². The summed E-state index contributed by atoms with van der Waals surface area (Å²) in [6, 6.07) is -0.172. The smallest absolute Gasteiger partial charge is 0.389 e. The summed E-state index contributed by atoms with van der Waals surface area (Å²) in [6.07, 6.45) is -2.94. The summed E-state index contributed by atoms with van der Waals surface area (Å²) in [6.45, 7) is 4.46. The van der Waals surface area contributed by atoms with Crippen molar-refractivity contribution in [1.82, 2.24) is 9.80 Å². The largest absolute Gasteiger partial charge is 0.401 e. The summed E-state index contributed by atoms with van der Waals surface area (Å²) in [5.41, 5.74) is 0. The molecule has 2 aliphatic rings. The zero-order valence-electron chi connectivity index (χ0n) is 13.6. The molecule has 23 heavy (non-hydrogen) atoms. The molecule has 2 aliphatic heterocycles. The Bertz CT molecular complexity index is 351. The number of aliphatic hydroxyl groups excluding tert-OH is 1. The number of alkyl halides is 3. The predicted molar refractivity (Wildman–Crippen MR) is 79.3 cm³/mol. The van der Waals surface area contributed by atoms with Crippen LogP contribution in [0.5, 0.6) is 0 Å². The molecule has 0 aliphatic carbocycles. The number of halogens is 3. The number of ether oxygens (including phenoxy) is 2. The van der Waals surface area contributed by atoms with E-state index in [4.69, 9.17) is 9.47 Å². The Morgan fingerprint density at radius 1 is 1.26 bits per heavy atom. The SMILES string of the molecule is CC1CN(CC(O)COC2CCOCC2)CCN1CC(F)(F)F. The van der Waals surface area contributed by atoms with Gasteiger partial charge in [0.2, 0.25) is 0 Å². The molecule has 0 spiro atoms. The van der Waals surface area contributed by atoms with Gasteiger partial charge in [0.25, 0.3) is 0 Å². The highest BCUT2D eigenvalue weighted by molar-refractivity contribution is 4.82. The van der Waals surface area contributed by atoms with Gasteiger partial charge in [0.05, 0.1) is 25.4 Å². The minimum atomic E-state index is -4.16. The number of hydrogen-bond donors (Lipinski definition) is 1. The van der Waals surface area contributed by atoms with Crippen molar-refractivity contribution in [3.63, 3.8) is 0 Å². The Hall–Kier alpha value is -0.410. The van der Waals surface area contributed by atoms with Crippen LogP contribution in [0.3, 0.4) is 0 Å². The molecule has 2 fully saturated rings. The Morgan fingerprint density at radius 2 is 1.96 bits per heavy atom. The maximum atomic E-state index is 12.5. The molecular weight excluding hydrogens is 313 g/mol. The molecule has 0 radical (unpaired) electrons. The van der Waals surface area contributed by atoms with Crippen LogP contribution < -0.4 is 0 Å². The average Bonchev–Trinajstić information content (AvgIpc) is 2.48. The molecule has 1 N–H and O–H groups in total. The van der Waals surface area contributed by atoms with Crippen LogP contribution >= 0.6 is 0 Å². The van der Waals surface area contributed by atoms with Crippen molar-refractivity contribution in [1.29, 1.82) is 0 Å². The predicted octanol–water partition coefficient (Wildman–Crippen LogP) is 1.11. The molecule has 0 amide bonds. The lowest BCUT2D eigenvalue weighted by Gasteiger charge is -2.40. The molecule has 2 unspecified atom stereocenters. The van der Waals surface area contributed by atoms with Crippen molar-refractivity contribution in [2.45, 2.75) is 44.2 Å². The highest BCUT2D eigenvalue weighted by Gasteiger charge is 2.35. The van der Waals surface area contributed by atoms with E-state index in [1.807, 2.05) is 4.90 Å². The van der Waals surface area contributed by atoms with Gasteiger partial charge < -0.3 is 14.6 Å². The molecule has 0 aromatic heterocycles. The number of piperazine rings is 1. The van der Waals surface area contributed by atoms with E-state index in [0.29, 0.717) is 39.4 Å². The van der Waals surface area contributed by atoms with Crippen LogP contribution in [0.25, 0.3) is 0 Å². The van der Waals surface area contributed by atoms with Crippen molar-refractivity contribution in [3.05, 3.63) is 0 Å². The van der Waals surface area contributed by atoms with Crippen LogP contribution in [0, 0.1) is 0 Å². The molecular formula is C15H27F3N2O3. The number of β-amino-alcohol motifs (C(OH)–C–C–N with tert-alkyl or cyclic N) is 1. The Labute approximate surface area is 135 Å². The molecule has 0 saturated carbocycles. The Kier molecular flexibility index (Phi) is 7.09. The molecule has 2 atom stereocenters. The van der Waals surface area contributed by atoms with E-state index in [2.05, 4.69) is 0 Å². The first kappa shape index (κ1) is 18.9. The molecule has 2 rings (SSSR count). The lowest BCUT2D eigenvalue weighted by molar-refractivity contribution is -0.155. The van der Waals surface area contributed by atoms with E-state index in [9.17, 15) is 18.3 Å². The van der Waals surface area contributed by atoms with E-state index in [1.54, 1.807) is 6.92 Å². The standard InChI is InChI=1S/C15H27F3N2O3/c1-12-8-19(4-5-20(12)11-15(16,17)18)9-13(21)10-23-14-2-6-22-7-3-14/h12-14,21H,2-11H2,1H3. The van der Waals surface area contributed by atoms with E-state index in [1.165, 1.54) is 4.90 Å². The fourth-order valence-corrected chi connectivity index (χ4v) is 3.14. The number of aliphatic hydroxyl groups is 1. The average molecular weight is 340 g/mol. The molecule has 2 saturated heterocycles. The third kappa shape index (κ3) is 6.93. The fraction of sp³-hybridized carbons (Fsp3) is 1.00. The molecule has 2 heterocycles. The lowest BCUT2D eigenvalue weighted by Crippen LogP contribution is -2.55. The Morgan fingerprint density at radius 3 is 2.57 bits per heavy atom. The van der Waals surface area contributed by atoms with Crippen LogP contribution in [0.1, 0.15) is 19.8 Å². The molecule has 0 aromatic carbocycles. The highest BCUT2D eigenvalue weighted by atomic mass is 19.4. The van der Waals surface area contributed by atoms with Crippen LogP contribution in [-0.2, 0) is 9.47 Å². The van der Waals surface area contributed by atoms with Gasteiger partial charge in [0, 0.05) is 45.4 Å². The van der Waals surface area contributed by atoms with Crippen LogP contribution in [0.4, 0.5) is 13.2 Å². The lowest BCUT2D eigenvalue weighted by atomic mass is 10.1. The van der Waals surface area contributed by atoms with Crippen LogP contribution in [-0.4, -0.2) is 91.9 Å². The van der Waals surface area contributed by atoms with Crippen LogP contribution in [0.2, 0.25) is 0 Å². The summed E-state index contributed by atoms with van der Waals surface area (Å²) in [4.78, 5) is 3.46. The zero-order valence-corrected chi connectivity index (χ0v) is 13.6. The summed E-state index contributed by atoms with van der Waals surface area (Å²) in [5, 5.41) is 10.1. The third-order valence-corrected chi connectivity index (χ3v) is 4.39. The maximum absolute atomic E-state index is 12.5. The number of hydrogen-bond acceptors (Lipinski definition) is 5. The molecule has 5 nitrogen and oxygen atoms in total. The second-order valence-corrected chi connectivity index (χ2v) is 6.49.